The van der Waals surface area contributed by atoms with E-state index in [1.165, 1.54) is 12.1 Å². The lowest BCUT2D eigenvalue weighted by molar-refractivity contribution is 0.112. The van der Waals surface area contributed by atoms with Crippen molar-refractivity contribution in [3.05, 3.63) is 60.7 Å². The molecule has 6 heteroatoms. The summed E-state index contributed by atoms with van der Waals surface area (Å²) in [6.45, 7) is 0.216. The van der Waals surface area contributed by atoms with Gasteiger partial charge in [0.15, 0.2) is 0 Å². The molecule has 0 heterocycles. The zero-order valence-corrected chi connectivity index (χ0v) is 14.8. The minimum absolute atomic E-state index is 0.216. The number of rotatable bonds is 4. The summed E-state index contributed by atoms with van der Waals surface area (Å²) in [5, 5.41) is 0. The Morgan fingerprint density at radius 3 is 2.25 bits per heavy atom. The van der Waals surface area contributed by atoms with E-state index < -0.39 is 0 Å². The molecule has 0 radical (unpaired) electrons. The van der Waals surface area contributed by atoms with Gasteiger partial charge in [-0.1, -0.05) is 15.9 Å². The van der Waals surface area contributed by atoms with Gasteiger partial charge in [0.25, 0.3) is 0 Å². The predicted molar refractivity (Wildman–Crippen MR) is 85.7 cm³/mol. The first-order chi connectivity index (χ1) is 9.49. The van der Waals surface area contributed by atoms with Gasteiger partial charge in [-0.25, -0.2) is 4.39 Å². The zero-order chi connectivity index (χ0) is 14.7. The van der Waals surface area contributed by atoms with Crippen molar-refractivity contribution < 1.29 is 13.9 Å². The maximum Gasteiger partial charge on any atom is 0.150 e. The number of hydrogen-bond donors (Lipinski definition) is 0. The maximum atomic E-state index is 13.3. The van der Waals surface area contributed by atoms with Gasteiger partial charge in [-0.05, 0) is 67.8 Å². The highest BCUT2D eigenvalue weighted by Gasteiger charge is 2.09. The fourth-order valence-corrected chi connectivity index (χ4v) is 3.60. The van der Waals surface area contributed by atoms with Crippen LogP contribution >= 0.6 is 47.8 Å². The molecule has 0 unspecified atom stereocenters. The Bertz CT molecular complexity index is 616. The van der Waals surface area contributed by atoms with E-state index in [1.54, 1.807) is 18.2 Å². The lowest BCUT2D eigenvalue weighted by Gasteiger charge is -2.11. The number of halogens is 4. The normalized spacial score (nSPS) is 10.4. The summed E-state index contributed by atoms with van der Waals surface area (Å²) >= 11 is 9.92. The lowest BCUT2D eigenvalue weighted by atomic mass is 10.2. The third kappa shape index (κ3) is 3.90. The molecule has 20 heavy (non-hydrogen) atoms. The number of benzene rings is 2. The molecule has 0 aliphatic rings. The summed E-state index contributed by atoms with van der Waals surface area (Å²) < 4.78 is 20.9. The molecule has 0 spiro atoms. The Morgan fingerprint density at radius 2 is 1.70 bits per heavy atom. The Balaban J connectivity index is 2.20. The number of carbonyl (C=O) groups excluding carboxylic acids is 1. The van der Waals surface area contributed by atoms with Crippen molar-refractivity contribution in [1.82, 2.24) is 0 Å². The minimum Gasteiger partial charge on any atom is -0.487 e. The van der Waals surface area contributed by atoms with Crippen LogP contribution in [0.4, 0.5) is 4.39 Å². The molecule has 0 aromatic heterocycles. The molecule has 0 saturated carbocycles. The van der Waals surface area contributed by atoms with Gasteiger partial charge in [0, 0.05) is 10.0 Å². The van der Waals surface area contributed by atoms with Crippen molar-refractivity contribution in [1.29, 1.82) is 0 Å². The van der Waals surface area contributed by atoms with E-state index in [4.69, 9.17) is 4.74 Å². The Labute approximate surface area is 140 Å². The van der Waals surface area contributed by atoms with Crippen molar-refractivity contribution in [3.8, 4) is 5.75 Å². The molecule has 0 aliphatic carbocycles. The van der Waals surface area contributed by atoms with Crippen LogP contribution in [0, 0.1) is 5.82 Å². The molecule has 0 bridgehead atoms. The molecule has 2 aromatic carbocycles. The lowest BCUT2D eigenvalue weighted by Crippen LogP contribution is -1.98. The molecule has 2 rings (SSSR count). The van der Waals surface area contributed by atoms with Crippen molar-refractivity contribution in [2.24, 2.45) is 0 Å². The predicted octanol–water partition coefficient (Wildman–Crippen LogP) is 5.50. The summed E-state index contributed by atoms with van der Waals surface area (Å²) in [4.78, 5) is 10.7. The SMILES string of the molecule is O=Cc1cc(Br)c(OCc2cc(F)cc(Br)c2)c(Br)c1. The molecular formula is C14H8Br3FO2. The molecule has 0 fully saturated rings. The van der Waals surface area contributed by atoms with Gasteiger partial charge in [0.05, 0.1) is 8.95 Å². The molecule has 2 nitrogen and oxygen atoms in total. The summed E-state index contributed by atoms with van der Waals surface area (Å²) in [6, 6.07) is 7.90. The van der Waals surface area contributed by atoms with E-state index >= 15 is 0 Å². The largest absolute Gasteiger partial charge is 0.487 e. The average Bonchev–Trinajstić information content (AvgIpc) is 2.36. The van der Waals surface area contributed by atoms with E-state index in [9.17, 15) is 9.18 Å². The van der Waals surface area contributed by atoms with Crippen LogP contribution in [-0.4, -0.2) is 6.29 Å². The summed E-state index contributed by atoms with van der Waals surface area (Å²) in [7, 11) is 0. The smallest absolute Gasteiger partial charge is 0.150 e. The van der Waals surface area contributed by atoms with Crippen molar-refractivity contribution >= 4 is 54.1 Å². The Morgan fingerprint density at radius 1 is 1.05 bits per heavy atom. The van der Waals surface area contributed by atoms with E-state index in [1.807, 2.05) is 0 Å². The van der Waals surface area contributed by atoms with Gasteiger partial charge in [-0.2, -0.15) is 0 Å². The maximum absolute atomic E-state index is 13.3. The average molecular weight is 467 g/mol. The third-order valence-corrected chi connectivity index (χ3v) is 4.10. The Kier molecular flexibility index (Phi) is 5.35. The number of aldehydes is 1. The van der Waals surface area contributed by atoms with Crippen LogP contribution < -0.4 is 4.74 Å². The topological polar surface area (TPSA) is 26.3 Å². The fraction of sp³-hybridized carbons (Fsp3) is 0.0714. The monoisotopic (exact) mass is 464 g/mol. The second-order valence-electron chi connectivity index (χ2n) is 4.00. The number of carbonyl (C=O) groups is 1. The van der Waals surface area contributed by atoms with Crippen LogP contribution in [0.3, 0.4) is 0 Å². The van der Waals surface area contributed by atoms with E-state index in [2.05, 4.69) is 47.8 Å². The van der Waals surface area contributed by atoms with Crippen LogP contribution in [0.2, 0.25) is 0 Å². The summed E-state index contributed by atoms with van der Waals surface area (Å²) in [6.07, 6.45) is 0.753. The Hall–Kier alpha value is -0.720. The van der Waals surface area contributed by atoms with Crippen LogP contribution in [0.25, 0.3) is 0 Å². The van der Waals surface area contributed by atoms with Gasteiger partial charge in [0.1, 0.15) is 24.5 Å². The molecule has 0 N–H and O–H groups in total. The highest BCUT2D eigenvalue weighted by molar-refractivity contribution is 9.11. The second-order valence-corrected chi connectivity index (χ2v) is 6.62. The van der Waals surface area contributed by atoms with Gasteiger partial charge in [-0.3, -0.25) is 4.79 Å². The molecule has 0 amide bonds. The first kappa shape index (κ1) is 15.7. The van der Waals surface area contributed by atoms with Crippen LogP contribution in [-0.2, 0) is 6.61 Å². The summed E-state index contributed by atoms with van der Waals surface area (Å²) in [5.74, 6) is 0.239. The summed E-state index contributed by atoms with van der Waals surface area (Å²) in [5.41, 5.74) is 1.24. The van der Waals surface area contributed by atoms with E-state index in [-0.39, 0.29) is 12.4 Å². The van der Waals surface area contributed by atoms with E-state index in [0.717, 1.165) is 6.29 Å². The van der Waals surface area contributed by atoms with Crippen molar-refractivity contribution in [2.75, 3.05) is 0 Å². The second kappa shape index (κ2) is 6.83. The third-order valence-electron chi connectivity index (χ3n) is 2.46. The van der Waals surface area contributed by atoms with Gasteiger partial charge >= 0.3 is 0 Å². The molecule has 0 saturated heterocycles. The zero-order valence-electron chi connectivity index (χ0n) is 10.00. The highest BCUT2D eigenvalue weighted by Crippen LogP contribution is 2.35. The van der Waals surface area contributed by atoms with E-state index in [0.29, 0.717) is 30.3 Å². The highest BCUT2D eigenvalue weighted by atomic mass is 79.9. The van der Waals surface area contributed by atoms with Crippen LogP contribution in [0.1, 0.15) is 15.9 Å². The van der Waals surface area contributed by atoms with Gasteiger partial charge in [-0.15, -0.1) is 0 Å². The molecular weight excluding hydrogens is 459 g/mol. The number of hydrogen-bond acceptors (Lipinski definition) is 2. The standard InChI is InChI=1S/C14H8Br3FO2/c15-10-1-9(2-11(18)5-10)7-20-14-12(16)3-8(6-19)4-13(14)17/h1-6H,7H2. The molecule has 0 atom stereocenters. The first-order valence-corrected chi connectivity index (χ1v) is 7.89. The van der Waals surface area contributed by atoms with Crippen molar-refractivity contribution in [2.45, 2.75) is 6.61 Å². The minimum atomic E-state index is -0.326. The quantitative estimate of drug-likeness (QED) is 0.556. The van der Waals surface area contributed by atoms with Crippen LogP contribution in [0.5, 0.6) is 5.75 Å². The number of ether oxygens (including phenoxy) is 1. The molecule has 2 aromatic rings. The van der Waals surface area contributed by atoms with Crippen LogP contribution in [0.15, 0.2) is 43.7 Å². The van der Waals surface area contributed by atoms with Crippen molar-refractivity contribution in [3.63, 3.8) is 0 Å². The fourth-order valence-electron chi connectivity index (χ4n) is 1.64. The van der Waals surface area contributed by atoms with Gasteiger partial charge in [0.2, 0.25) is 0 Å². The molecule has 104 valence electrons. The molecule has 0 aliphatic heterocycles. The first-order valence-electron chi connectivity index (χ1n) is 5.51. The van der Waals surface area contributed by atoms with Gasteiger partial charge < -0.3 is 4.74 Å².